The van der Waals surface area contributed by atoms with E-state index in [4.69, 9.17) is 9.47 Å². The standard InChI is InChI=1S/C26H51NO4/c1-2-3-4-5-6-7-8-9-10-11-12-13-14-15-16-19-22-30-24-25(23-28)31-26(29)27-20-17-18-21-27/h25,28H,2-24H2,1H3. The molecular weight excluding hydrogens is 390 g/mol. The number of rotatable bonds is 21. The van der Waals surface area contributed by atoms with Crippen LogP contribution in [0.25, 0.3) is 0 Å². The molecule has 1 fully saturated rings. The number of unbranched alkanes of at least 4 members (excludes halogenated alkanes) is 15. The number of aliphatic hydroxyl groups is 1. The molecule has 0 aromatic heterocycles. The maximum Gasteiger partial charge on any atom is 0.410 e. The van der Waals surface area contributed by atoms with Gasteiger partial charge in [-0.15, -0.1) is 0 Å². The zero-order valence-electron chi connectivity index (χ0n) is 20.5. The summed E-state index contributed by atoms with van der Waals surface area (Å²) in [6, 6.07) is 0. The Hall–Kier alpha value is -0.810. The molecule has 1 aliphatic rings. The average Bonchev–Trinajstić information content (AvgIpc) is 3.32. The van der Waals surface area contributed by atoms with Crippen molar-refractivity contribution >= 4 is 6.09 Å². The third-order valence-electron chi connectivity index (χ3n) is 6.28. The van der Waals surface area contributed by atoms with Gasteiger partial charge in [-0.2, -0.15) is 0 Å². The third-order valence-corrected chi connectivity index (χ3v) is 6.28. The Morgan fingerprint density at radius 3 is 1.68 bits per heavy atom. The molecule has 0 spiro atoms. The van der Waals surface area contributed by atoms with E-state index < -0.39 is 6.10 Å². The second-order valence-corrected chi connectivity index (χ2v) is 9.26. The Kier molecular flexibility index (Phi) is 19.2. The van der Waals surface area contributed by atoms with Gasteiger partial charge < -0.3 is 19.5 Å². The lowest BCUT2D eigenvalue weighted by Crippen LogP contribution is -2.35. The second-order valence-electron chi connectivity index (χ2n) is 9.26. The van der Waals surface area contributed by atoms with E-state index in [2.05, 4.69) is 6.92 Å². The van der Waals surface area contributed by atoms with Gasteiger partial charge in [0.15, 0.2) is 0 Å². The highest BCUT2D eigenvalue weighted by Crippen LogP contribution is 2.14. The number of carbonyl (C=O) groups excluding carboxylic acids is 1. The van der Waals surface area contributed by atoms with Gasteiger partial charge in [-0.25, -0.2) is 4.79 Å². The maximum atomic E-state index is 11.9. The molecule has 0 bridgehead atoms. The number of hydrogen-bond acceptors (Lipinski definition) is 4. The van der Waals surface area contributed by atoms with Crippen LogP contribution < -0.4 is 0 Å². The summed E-state index contributed by atoms with van der Waals surface area (Å²) in [4.78, 5) is 13.7. The summed E-state index contributed by atoms with van der Waals surface area (Å²) in [5.41, 5.74) is 0. The summed E-state index contributed by atoms with van der Waals surface area (Å²) >= 11 is 0. The lowest BCUT2D eigenvalue weighted by atomic mass is 10.0. The topological polar surface area (TPSA) is 59.0 Å². The second kappa shape index (κ2) is 21.1. The summed E-state index contributed by atoms with van der Waals surface area (Å²) in [7, 11) is 0. The largest absolute Gasteiger partial charge is 0.441 e. The lowest BCUT2D eigenvalue weighted by Gasteiger charge is -2.20. The van der Waals surface area contributed by atoms with E-state index in [9.17, 15) is 9.90 Å². The Morgan fingerprint density at radius 1 is 0.774 bits per heavy atom. The number of nitrogens with zero attached hydrogens (tertiary/aromatic N) is 1. The van der Waals surface area contributed by atoms with Gasteiger partial charge in [0, 0.05) is 19.7 Å². The molecule has 1 unspecified atom stereocenters. The van der Waals surface area contributed by atoms with Gasteiger partial charge in [-0.3, -0.25) is 0 Å². The Labute approximate surface area is 192 Å². The summed E-state index contributed by atoms with van der Waals surface area (Å²) in [5.74, 6) is 0. The van der Waals surface area contributed by atoms with E-state index in [1.807, 2.05) is 0 Å². The van der Waals surface area contributed by atoms with Gasteiger partial charge in [0.25, 0.3) is 0 Å². The fourth-order valence-electron chi connectivity index (χ4n) is 4.21. The van der Waals surface area contributed by atoms with Gasteiger partial charge in [-0.05, 0) is 19.3 Å². The smallest absolute Gasteiger partial charge is 0.410 e. The summed E-state index contributed by atoms with van der Waals surface area (Å²) in [5, 5.41) is 9.39. The molecule has 1 rings (SSSR count). The lowest BCUT2D eigenvalue weighted by molar-refractivity contribution is -0.0177. The van der Waals surface area contributed by atoms with Crippen LogP contribution in [-0.4, -0.2) is 55.1 Å². The minimum atomic E-state index is -0.547. The van der Waals surface area contributed by atoms with Crippen molar-refractivity contribution in [2.75, 3.05) is 32.9 Å². The van der Waals surface area contributed by atoms with E-state index in [1.165, 1.54) is 96.3 Å². The predicted octanol–water partition coefficient (Wildman–Crippen LogP) is 6.86. The molecule has 5 heteroatoms. The van der Waals surface area contributed by atoms with Crippen LogP contribution in [0.3, 0.4) is 0 Å². The molecule has 1 heterocycles. The van der Waals surface area contributed by atoms with Crippen molar-refractivity contribution in [3.8, 4) is 0 Å². The molecule has 1 atom stereocenters. The number of carbonyl (C=O) groups is 1. The van der Waals surface area contributed by atoms with Crippen molar-refractivity contribution in [3.63, 3.8) is 0 Å². The zero-order valence-corrected chi connectivity index (χ0v) is 20.5. The molecule has 0 radical (unpaired) electrons. The van der Waals surface area contributed by atoms with E-state index in [0.29, 0.717) is 6.61 Å². The predicted molar refractivity (Wildman–Crippen MR) is 129 cm³/mol. The average molecular weight is 442 g/mol. The van der Waals surface area contributed by atoms with Crippen molar-refractivity contribution < 1.29 is 19.4 Å². The molecule has 1 amide bonds. The number of hydrogen-bond donors (Lipinski definition) is 1. The monoisotopic (exact) mass is 441 g/mol. The maximum absolute atomic E-state index is 11.9. The van der Waals surface area contributed by atoms with Gasteiger partial charge in [-0.1, -0.05) is 103 Å². The van der Waals surface area contributed by atoms with Crippen LogP contribution >= 0.6 is 0 Å². The number of likely N-dealkylation sites (tertiary alicyclic amines) is 1. The van der Waals surface area contributed by atoms with E-state index in [1.54, 1.807) is 4.90 Å². The highest BCUT2D eigenvalue weighted by Gasteiger charge is 2.22. The minimum absolute atomic E-state index is 0.182. The fourth-order valence-corrected chi connectivity index (χ4v) is 4.21. The molecule has 0 aromatic carbocycles. The van der Waals surface area contributed by atoms with Crippen LogP contribution in [0.5, 0.6) is 0 Å². The first kappa shape index (κ1) is 28.2. The van der Waals surface area contributed by atoms with Crippen LogP contribution in [0.2, 0.25) is 0 Å². The highest BCUT2D eigenvalue weighted by molar-refractivity contribution is 5.68. The number of amides is 1. The van der Waals surface area contributed by atoms with Crippen LogP contribution in [0.15, 0.2) is 0 Å². The van der Waals surface area contributed by atoms with Crippen molar-refractivity contribution in [2.45, 2.75) is 129 Å². The first-order valence-corrected chi connectivity index (χ1v) is 13.4. The van der Waals surface area contributed by atoms with Gasteiger partial charge >= 0.3 is 6.09 Å². The van der Waals surface area contributed by atoms with Crippen LogP contribution in [0.1, 0.15) is 122 Å². The van der Waals surface area contributed by atoms with Crippen LogP contribution in [-0.2, 0) is 9.47 Å². The molecule has 0 aromatic rings. The number of aliphatic hydroxyl groups excluding tert-OH is 1. The van der Waals surface area contributed by atoms with Crippen molar-refractivity contribution in [2.24, 2.45) is 0 Å². The molecule has 31 heavy (non-hydrogen) atoms. The molecule has 0 aliphatic carbocycles. The van der Waals surface area contributed by atoms with Crippen molar-refractivity contribution in [3.05, 3.63) is 0 Å². The number of ether oxygens (including phenoxy) is 2. The molecule has 0 saturated carbocycles. The molecule has 1 aliphatic heterocycles. The van der Waals surface area contributed by atoms with Gasteiger partial charge in [0.2, 0.25) is 0 Å². The normalized spacial score (nSPS) is 14.8. The highest BCUT2D eigenvalue weighted by atomic mass is 16.6. The van der Waals surface area contributed by atoms with Gasteiger partial charge in [0.05, 0.1) is 13.2 Å². The Balaban J connectivity index is 1.78. The zero-order chi connectivity index (χ0) is 22.4. The van der Waals surface area contributed by atoms with Crippen LogP contribution in [0, 0.1) is 0 Å². The SMILES string of the molecule is CCCCCCCCCCCCCCCCCCOCC(CO)OC(=O)N1CCCC1. The Morgan fingerprint density at radius 2 is 1.23 bits per heavy atom. The molecular formula is C26H51NO4. The van der Waals surface area contributed by atoms with Crippen LogP contribution in [0.4, 0.5) is 4.79 Å². The molecule has 5 nitrogen and oxygen atoms in total. The van der Waals surface area contributed by atoms with Gasteiger partial charge in [0.1, 0.15) is 6.10 Å². The first-order valence-electron chi connectivity index (χ1n) is 13.4. The summed E-state index contributed by atoms with van der Waals surface area (Å²) in [6.07, 6.45) is 22.9. The Bertz CT molecular complexity index is 399. The molecule has 1 saturated heterocycles. The van der Waals surface area contributed by atoms with E-state index in [-0.39, 0.29) is 19.3 Å². The first-order chi connectivity index (χ1) is 15.3. The van der Waals surface area contributed by atoms with E-state index >= 15 is 0 Å². The summed E-state index contributed by atoms with van der Waals surface area (Å²) in [6.45, 7) is 4.58. The third kappa shape index (κ3) is 16.5. The minimum Gasteiger partial charge on any atom is -0.441 e. The fraction of sp³-hybridized carbons (Fsp3) is 0.962. The van der Waals surface area contributed by atoms with E-state index in [0.717, 1.165) is 32.4 Å². The molecule has 1 N–H and O–H groups in total. The van der Waals surface area contributed by atoms with Crippen molar-refractivity contribution in [1.82, 2.24) is 4.90 Å². The quantitative estimate of drug-likeness (QED) is 0.198. The van der Waals surface area contributed by atoms with Crippen molar-refractivity contribution in [1.29, 1.82) is 0 Å². The summed E-state index contributed by atoms with van der Waals surface area (Å²) < 4.78 is 10.9. The molecule has 184 valence electrons.